The summed E-state index contributed by atoms with van der Waals surface area (Å²) < 4.78 is 5.07. The normalized spacial score (nSPS) is 11.6. The zero-order valence-corrected chi connectivity index (χ0v) is 17.0. The quantitative estimate of drug-likeness (QED) is 0.716. The van der Waals surface area contributed by atoms with E-state index < -0.39 is 11.8 Å². The molecule has 1 atom stereocenters. The molecule has 7 heteroatoms. The van der Waals surface area contributed by atoms with Crippen LogP contribution in [0.4, 0.5) is 11.4 Å². The van der Waals surface area contributed by atoms with Crippen molar-refractivity contribution in [2.24, 2.45) is 0 Å². The van der Waals surface area contributed by atoms with Crippen molar-refractivity contribution in [2.45, 2.75) is 6.04 Å². The van der Waals surface area contributed by atoms with Gasteiger partial charge in [0.2, 0.25) is 0 Å². The predicted octanol–water partition coefficient (Wildman–Crippen LogP) is 2.12. The Morgan fingerprint density at radius 2 is 1.54 bits per heavy atom. The number of nitrogens with zero attached hydrogens (tertiary/aromatic N) is 2. The highest BCUT2D eigenvalue weighted by Gasteiger charge is 2.19. The molecule has 0 bridgehead atoms. The fraction of sp³-hybridized carbons (Fsp3) is 0.333. The summed E-state index contributed by atoms with van der Waals surface area (Å²) in [6, 6.07) is 14.9. The number of hydrogen-bond donors (Lipinski definition) is 2. The van der Waals surface area contributed by atoms with Gasteiger partial charge in [-0.05, 0) is 56.1 Å². The standard InChI is InChI=1S/C21H28N4O3/c1-24(2)17-10-6-15(7-11-17)19(25(3)4)14-22-20(26)21(27)23-16-8-12-18(28-5)13-9-16/h6-13,19H,14H2,1-5H3,(H,22,26)(H,23,27)/t19-/m0/s1. The summed E-state index contributed by atoms with van der Waals surface area (Å²) in [6.45, 7) is 0.323. The van der Waals surface area contributed by atoms with Gasteiger partial charge in [0.15, 0.2) is 0 Å². The molecule has 7 nitrogen and oxygen atoms in total. The summed E-state index contributed by atoms with van der Waals surface area (Å²) in [4.78, 5) is 28.4. The Labute approximate surface area is 166 Å². The average Bonchev–Trinajstić information content (AvgIpc) is 2.68. The molecule has 0 saturated heterocycles. The molecule has 2 amide bonds. The molecule has 150 valence electrons. The lowest BCUT2D eigenvalue weighted by atomic mass is 10.1. The first-order valence-corrected chi connectivity index (χ1v) is 8.98. The summed E-state index contributed by atoms with van der Waals surface area (Å²) in [5.74, 6) is -0.699. The number of rotatable bonds is 7. The van der Waals surface area contributed by atoms with Crippen LogP contribution in [0, 0.1) is 0 Å². The van der Waals surface area contributed by atoms with Gasteiger partial charge >= 0.3 is 11.8 Å². The molecular formula is C21H28N4O3. The van der Waals surface area contributed by atoms with Crippen LogP contribution in [0.3, 0.4) is 0 Å². The van der Waals surface area contributed by atoms with E-state index in [2.05, 4.69) is 10.6 Å². The Morgan fingerprint density at radius 1 is 0.929 bits per heavy atom. The molecule has 2 rings (SSSR count). The van der Waals surface area contributed by atoms with Crippen LogP contribution in [0.5, 0.6) is 5.75 Å². The minimum absolute atomic E-state index is 0.0473. The second kappa shape index (κ2) is 9.75. The topological polar surface area (TPSA) is 73.9 Å². The first-order valence-electron chi connectivity index (χ1n) is 8.98. The highest BCUT2D eigenvalue weighted by molar-refractivity contribution is 6.39. The van der Waals surface area contributed by atoms with Crippen molar-refractivity contribution in [3.05, 3.63) is 54.1 Å². The van der Waals surface area contributed by atoms with E-state index in [1.54, 1.807) is 31.4 Å². The number of hydrogen-bond acceptors (Lipinski definition) is 5. The van der Waals surface area contributed by atoms with E-state index in [1.165, 1.54) is 0 Å². The second-order valence-corrected chi connectivity index (χ2v) is 6.86. The van der Waals surface area contributed by atoms with Crippen molar-refractivity contribution in [3.8, 4) is 5.75 Å². The van der Waals surface area contributed by atoms with Crippen molar-refractivity contribution in [2.75, 3.05) is 52.1 Å². The number of amides is 2. The molecule has 0 radical (unpaired) electrons. The lowest BCUT2D eigenvalue weighted by Crippen LogP contribution is -2.40. The van der Waals surface area contributed by atoms with Gasteiger partial charge in [-0.15, -0.1) is 0 Å². The van der Waals surface area contributed by atoms with Crippen LogP contribution in [0.1, 0.15) is 11.6 Å². The summed E-state index contributed by atoms with van der Waals surface area (Å²) in [5, 5.41) is 5.29. The van der Waals surface area contributed by atoms with Gasteiger partial charge in [0, 0.05) is 32.0 Å². The first-order chi connectivity index (χ1) is 13.3. The van der Waals surface area contributed by atoms with Crippen molar-refractivity contribution in [3.63, 3.8) is 0 Å². The number of ether oxygens (including phenoxy) is 1. The van der Waals surface area contributed by atoms with Gasteiger partial charge in [0.1, 0.15) is 5.75 Å². The molecule has 0 spiro atoms. The van der Waals surface area contributed by atoms with Gasteiger partial charge in [0.25, 0.3) is 0 Å². The monoisotopic (exact) mass is 384 g/mol. The molecule has 0 aliphatic rings. The molecule has 0 unspecified atom stereocenters. The summed E-state index contributed by atoms with van der Waals surface area (Å²) in [7, 11) is 9.42. The highest BCUT2D eigenvalue weighted by Crippen LogP contribution is 2.21. The maximum Gasteiger partial charge on any atom is 0.313 e. The zero-order valence-electron chi connectivity index (χ0n) is 17.0. The van der Waals surface area contributed by atoms with E-state index in [0.29, 0.717) is 18.0 Å². The van der Waals surface area contributed by atoms with Gasteiger partial charge in [-0.3, -0.25) is 9.59 Å². The van der Waals surface area contributed by atoms with Crippen LogP contribution < -0.4 is 20.3 Å². The molecule has 0 aromatic heterocycles. The molecule has 2 N–H and O–H groups in total. The lowest BCUT2D eigenvalue weighted by molar-refractivity contribution is -0.136. The molecule has 2 aromatic rings. The smallest absolute Gasteiger partial charge is 0.313 e. The van der Waals surface area contributed by atoms with Gasteiger partial charge in [-0.25, -0.2) is 0 Å². The van der Waals surface area contributed by atoms with Gasteiger partial charge in [-0.1, -0.05) is 12.1 Å². The molecule has 28 heavy (non-hydrogen) atoms. The largest absolute Gasteiger partial charge is 0.497 e. The fourth-order valence-electron chi connectivity index (χ4n) is 2.73. The first kappa shape index (κ1) is 21.2. The summed E-state index contributed by atoms with van der Waals surface area (Å²) in [5.41, 5.74) is 2.69. The molecule has 2 aromatic carbocycles. The predicted molar refractivity (Wildman–Crippen MR) is 112 cm³/mol. The molecule has 0 fully saturated rings. The molecular weight excluding hydrogens is 356 g/mol. The van der Waals surface area contributed by atoms with Gasteiger partial charge in [0.05, 0.1) is 13.2 Å². The molecule has 0 heterocycles. The molecule has 0 aliphatic heterocycles. The van der Waals surface area contributed by atoms with Gasteiger partial charge < -0.3 is 25.2 Å². The number of nitrogens with one attached hydrogen (secondary N) is 2. The average molecular weight is 384 g/mol. The van der Waals surface area contributed by atoms with Gasteiger partial charge in [-0.2, -0.15) is 0 Å². The molecule has 0 aliphatic carbocycles. The Bertz CT molecular complexity index is 786. The van der Waals surface area contributed by atoms with Crippen molar-refractivity contribution >= 4 is 23.2 Å². The van der Waals surface area contributed by atoms with E-state index in [9.17, 15) is 9.59 Å². The van der Waals surface area contributed by atoms with E-state index in [0.717, 1.165) is 11.3 Å². The van der Waals surface area contributed by atoms with Crippen LogP contribution in [0.25, 0.3) is 0 Å². The summed E-state index contributed by atoms with van der Waals surface area (Å²) in [6.07, 6.45) is 0. The molecule has 0 saturated carbocycles. The number of methoxy groups -OCH3 is 1. The third-order valence-corrected chi connectivity index (χ3v) is 4.43. The van der Waals surface area contributed by atoms with Crippen LogP contribution >= 0.6 is 0 Å². The second-order valence-electron chi connectivity index (χ2n) is 6.86. The SMILES string of the molecule is COc1ccc(NC(=O)C(=O)NC[C@@H](c2ccc(N(C)C)cc2)N(C)C)cc1. The number of carbonyl (C=O) groups excluding carboxylic acids is 2. The third-order valence-electron chi connectivity index (χ3n) is 4.43. The summed E-state index contributed by atoms with van der Waals surface area (Å²) >= 11 is 0. The highest BCUT2D eigenvalue weighted by atomic mass is 16.5. The van der Waals surface area contributed by atoms with Crippen LogP contribution in [0.15, 0.2) is 48.5 Å². The minimum atomic E-state index is -0.703. The number of likely N-dealkylation sites (N-methyl/N-ethyl adjacent to an activating group) is 1. The van der Waals surface area contributed by atoms with E-state index in [1.807, 2.05) is 62.3 Å². The van der Waals surface area contributed by atoms with E-state index in [-0.39, 0.29) is 6.04 Å². The van der Waals surface area contributed by atoms with Crippen molar-refractivity contribution < 1.29 is 14.3 Å². The van der Waals surface area contributed by atoms with Crippen LogP contribution in [0.2, 0.25) is 0 Å². The number of carbonyl (C=O) groups is 2. The third kappa shape index (κ3) is 5.72. The fourth-order valence-corrected chi connectivity index (χ4v) is 2.73. The van der Waals surface area contributed by atoms with Crippen LogP contribution in [-0.4, -0.2) is 58.6 Å². The Balaban J connectivity index is 1.96. The van der Waals surface area contributed by atoms with Crippen molar-refractivity contribution in [1.29, 1.82) is 0 Å². The number of anilines is 2. The van der Waals surface area contributed by atoms with E-state index in [4.69, 9.17) is 4.74 Å². The van der Waals surface area contributed by atoms with E-state index >= 15 is 0 Å². The maximum atomic E-state index is 12.2. The lowest BCUT2D eigenvalue weighted by Gasteiger charge is -2.25. The maximum absolute atomic E-state index is 12.2. The Hall–Kier alpha value is -3.06. The Kier molecular flexibility index (Phi) is 7.40. The number of benzene rings is 2. The van der Waals surface area contributed by atoms with Crippen LogP contribution in [-0.2, 0) is 9.59 Å². The zero-order chi connectivity index (χ0) is 20.7. The minimum Gasteiger partial charge on any atom is -0.497 e. The Morgan fingerprint density at radius 3 is 2.04 bits per heavy atom. The van der Waals surface area contributed by atoms with Crippen molar-refractivity contribution in [1.82, 2.24) is 10.2 Å².